The highest BCUT2D eigenvalue weighted by Gasteiger charge is 2.29. The summed E-state index contributed by atoms with van der Waals surface area (Å²) in [6, 6.07) is 0.726. The minimum absolute atomic E-state index is 0.0405. The molecule has 0 saturated carbocycles. The zero-order valence-corrected chi connectivity index (χ0v) is 15.7. The van der Waals surface area contributed by atoms with Crippen molar-refractivity contribution in [2.75, 3.05) is 5.32 Å². The smallest absolute Gasteiger partial charge is 0.299 e. The molecule has 2 aromatic rings. The number of anilines is 2. The Labute approximate surface area is 164 Å². The normalized spacial score (nSPS) is 10.6. The van der Waals surface area contributed by atoms with Gasteiger partial charge in [-0.15, -0.1) is 0 Å². The molecule has 0 spiro atoms. The Bertz CT molecular complexity index is 895. The number of halogens is 5. The van der Waals surface area contributed by atoms with E-state index in [1.54, 1.807) is 0 Å². The first kappa shape index (κ1) is 19.7. The molecule has 1 N–H and O–H groups in total. The van der Waals surface area contributed by atoms with Crippen LogP contribution in [0, 0.1) is 27.2 Å². The van der Waals surface area contributed by atoms with E-state index >= 15 is 0 Å². The molecule has 2 rings (SSSR count). The van der Waals surface area contributed by atoms with Crippen molar-refractivity contribution in [3.8, 4) is 0 Å². The summed E-state index contributed by atoms with van der Waals surface area (Å²) >= 11 is 29.6. The Hall–Kier alpha value is -1.58. The van der Waals surface area contributed by atoms with Crippen LogP contribution in [0.5, 0.6) is 0 Å². The van der Waals surface area contributed by atoms with Gasteiger partial charge in [-0.3, -0.25) is 20.2 Å². The second kappa shape index (κ2) is 7.35. The molecule has 1 heterocycles. The second-order valence-corrected chi connectivity index (χ2v) is 6.41. The van der Waals surface area contributed by atoms with E-state index in [2.05, 4.69) is 10.3 Å². The van der Waals surface area contributed by atoms with Crippen molar-refractivity contribution in [1.29, 1.82) is 0 Å². The molecule has 0 radical (unpaired) electrons. The summed E-state index contributed by atoms with van der Waals surface area (Å²) in [5.74, 6) is 0. The molecule has 13 heteroatoms. The number of pyridine rings is 1. The molecule has 0 aliphatic rings. The summed E-state index contributed by atoms with van der Waals surface area (Å²) in [6.45, 7) is 1.36. The van der Waals surface area contributed by atoms with Crippen LogP contribution in [0.3, 0.4) is 0 Å². The maximum atomic E-state index is 11.3. The van der Waals surface area contributed by atoms with Crippen LogP contribution in [-0.2, 0) is 0 Å². The van der Waals surface area contributed by atoms with Gasteiger partial charge in [-0.2, -0.15) is 0 Å². The van der Waals surface area contributed by atoms with Crippen LogP contribution in [-0.4, -0.2) is 14.8 Å². The standard InChI is InChI=1S/C12H5Cl5N4O4/c1-3-6(13)4(20(22)23)2-5(21(24)25)9(3)18-10-7(14)11(16)19-12(17)8(10)15/h2H,1H3,(H,18,19). The lowest BCUT2D eigenvalue weighted by Gasteiger charge is -2.15. The predicted octanol–water partition coefficient (Wildman–Crippen LogP) is 6.22. The molecular weight excluding hydrogens is 441 g/mol. The SMILES string of the molecule is Cc1c(Cl)c([N+](=O)[O-])cc([N+](=O)[O-])c1Nc1c(Cl)c(Cl)nc(Cl)c1Cl. The summed E-state index contributed by atoms with van der Waals surface area (Å²) in [7, 11) is 0. The average Bonchev–Trinajstić information content (AvgIpc) is 2.52. The van der Waals surface area contributed by atoms with E-state index in [-0.39, 0.29) is 42.3 Å². The molecule has 25 heavy (non-hydrogen) atoms. The first-order chi connectivity index (χ1) is 11.6. The number of rotatable bonds is 4. The van der Waals surface area contributed by atoms with Gasteiger partial charge in [-0.25, -0.2) is 4.98 Å². The lowest BCUT2D eigenvalue weighted by atomic mass is 10.1. The molecule has 0 atom stereocenters. The quantitative estimate of drug-likeness (QED) is 0.339. The van der Waals surface area contributed by atoms with Gasteiger partial charge in [0, 0.05) is 5.56 Å². The van der Waals surface area contributed by atoms with Crippen LogP contribution in [0.15, 0.2) is 6.07 Å². The largest absolute Gasteiger partial charge is 0.347 e. The summed E-state index contributed by atoms with van der Waals surface area (Å²) in [5.41, 5.74) is -1.38. The number of nitro groups is 2. The van der Waals surface area contributed by atoms with Gasteiger partial charge >= 0.3 is 0 Å². The Morgan fingerprint density at radius 2 is 1.36 bits per heavy atom. The highest BCUT2D eigenvalue weighted by atomic mass is 35.5. The fourth-order valence-corrected chi connectivity index (χ4v) is 2.95. The number of benzene rings is 1. The Balaban J connectivity index is 2.75. The third-order valence-corrected chi connectivity index (χ3v) is 5.05. The Kier molecular flexibility index (Phi) is 5.80. The van der Waals surface area contributed by atoms with Crippen molar-refractivity contribution in [3.63, 3.8) is 0 Å². The molecule has 0 amide bonds. The second-order valence-electron chi connectivity index (χ2n) is 4.56. The van der Waals surface area contributed by atoms with Crippen LogP contribution in [0.2, 0.25) is 25.4 Å². The molecule has 8 nitrogen and oxygen atoms in total. The maximum absolute atomic E-state index is 11.3. The van der Waals surface area contributed by atoms with Crippen molar-refractivity contribution < 1.29 is 9.85 Å². The van der Waals surface area contributed by atoms with E-state index in [1.807, 2.05) is 0 Å². The lowest BCUT2D eigenvalue weighted by Crippen LogP contribution is -2.04. The minimum Gasteiger partial charge on any atom is -0.347 e. The third-order valence-electron chi connectivity index (χ3n) is 3.10. The monoisotopic (exact) mass is 444 g/mol. The highest BCUT2D eigenvalue weighted by Crippen LogP contribution is 2.45. The van der Waals surface area contributed by atoms with E-state index in [1.165, 1.54) is 6.92 Å². The zero-order chi connectivity index (χ0) is 19.0. The van der Waals surface area contributed by atoms with Gasteiger partial charge in [-0.1, -0.05) is 58.0 Å². The highest BCUT2D eigenvalue weighted by molar-refractivity contribution is 6.49. The first-order valence-corrected chi connectivity index (χ1v) is 8.04. The molecule has 0 unspecified atom stereocenters. The van der Waals surface area contributed by atoms with Crippen LogP contribution >= 0.6 is 58.0 Å². The van der Waals surface area contributed by atoms with Crippen LogP contribution in [0.4, 0.5) is 22.7 Å². The fraction of sp³-hybridized carbons (Fsp3) is 0.0833. The van der Waals surface area contributed by atoms with Crippen molar-refractivity contribution in [2.45, 2.75) is 6.92 Å². The van der Waals surface area contributed by atoms with Crippen molar-refractivity contribution in [2.24, 2.45) is 0 Å². The van der Waals surface area contributed by atoms with Crippen LogP contribution in [0.25, 0.3) is 0 Å². The van der Waals surface area contributed by atoms with Gasteiger partial charge in [0.1, 0.15) is 20.8 Å². The number of hydrogen-bond donors (Lipinski definition) is 1. The van der Waals surface area contributed by atoms with Crippen molar-refractivity contribution in [1.82, 2.24) is 4.98 Å². The predicted molar refractivity (Wildman–Crippen MR) is 97.1 cm³/mol. The molecule has 1 aromatic carbocycles. The van der Waals surface area contributed by atoms with Crippen molar-refractivity contribution >= 4 is 80.8 Å². The zero-order valence-electron chi connectivity index (χ0n) is 11.9. The fourth-order valence-electron chi connectivity index (χ4n) is 1.92. The molecule has 0 aliphatic heterocycles. The molecule has 0 bridgehead atoms. The van der Waals surface area contributed by atoms with E-state index in [9.17, 15) is 20.2 Å². The summed E-state index contributed by atoms with van der Waals surface area (Å²) in [5, 5.41) is 24.0. The van der Waals surface area contributed by atoms with Crippen LogP contribution < -0.4 is 5.32 Å². The molecule has 1 aromatic heterocycles. The number of nitro benzene ring substituents is 2. The molecular formula is C12H5Cl5N4O4. The number of hydrogen-bond acceptors (Lipinski definition) is 6. The van der Waals surface area contributed by atoms with Gasteiger partial charge in [0.05, 0.1) is 21.6 Å². The first-order valence-electron chi connectivity index (χ1n) is 6.15. The number of nitrogens with one attached hydrogen (secondary N) is 1. The van der Waals surface area contributed by atoms with E-state index in [4.69, 9.17) is 58.0 Å². The van der Waals surface area contributed by atoms with Gasteiger partial charge in [-0.05, 0) is 6.92 Å². The molecule has 0 aliphatic carbocycles. The van der Waals surface area contributed by atoms with E-state index in [0.29, 0.717) is 0 Å². The van der Waals surface area contributed by atoms with Gasteiger partial charge < -0.3 is 5.32 Å². The van der Waals surface area contributed by atoms with Gasteiger partial charge in [0.25, 0.3) is 11.4 Å². The number of aromatic nitrogens is 1. The summed E-state index contributed by atoms with van der Waals surface area (Å²) in [6.07, 6.45) is 0. The van der Waals surface area contributed by atoms with Gasteiger partial charge in [0.2, 0.25) is 0 Å². The number of nitrogens with zero attached hydrogens (tertiary/aromatic N) is 3. The average molecular weight is 446 g/mol. The third kappa shape index (κ3) is 3.68. The topological polar surface area (TPSA) is 111 Å². The Morgan fingerprint density at radius 3 is 1.80 bits per heavy atom. The molecule has 0 fully saturated rings. The van der Waals surface area contributed by atoms with E-state index < -0.39 is 21.2 Å². The summed E-state index contributed by atoms with van der Waals surface area (Å²) in [4.78, 5) is 24.4. The molecule has 0 saturated heterocycles. The minimum atomic E-state index is -0.827. The van der Waals surface area contributed by atoms with Gasteiger partial charge in [0.15, 0.2) is 10.3 Å². The van der Waals surface area contributed by atoms with Crippen molar-refractivity contribution in [3.05, 3.63) is 57.2 Å². The summed E-state index contributed by atoms with van der Waals surface area (Å²) < 4.78 is 0. The Morgan fingerprint density at radius 1 is 0.880 bits per heavy atom. The maximum Gasteiger partial charge on any atom is 0.299 e. The van der Waals surface area contributed by atoms with Crippen LogP contribution in [0.1, 0.15) is 5.56 Å². The molecule has 132 valence electrons. The van der Waals surface area contributed by atoms with E-state index in [0.717, 1.165) is 6.07 Å². The lowest BCUT2D eigenvalue weighted by molar-refractivity contribution is -0.393.